The van der Waals surface area contributed by atoms with Crippen LogP contribution in [0.2, 0.25) is 0 Å². The van der Waals surface area contributed by atoms with Crippen LogP contribution in [0.1, 0.15) is 11.8 Å². The van der Waals surface area contributed by atoms with Gasteiger partial charge in [0.15, 0.2) is 0 Å². The van der Waals surface area contributed by atoms with Crippen LogP contribution in [0.15, 0.2) is 14.7 Å². The highest BCUT2D eigenvalue weighted by Gasteiger charge is 2.33. The first-order chi connectivity index (χ1) is 8.46. The van der Waals surface area contributed by atoms with E-state index in [1.54, 1.807) is 6.07 Å². The van der Waals surface area contributed by atoms with Crippen molar-refractivity contribution in [1.82, 2.24) is 4.31 Å². The van der Waals surface area contributed by atoms with Crippen LogP contribution in [-0.4, -0.2) is 38.5 Å². The second kappa shape index (κ2) is 5.76. The molecule has 0 aliphatic carbocycles. The van der Waals surface area contributed by atoms with Crippen LogP contribution in [0.25, 0.3) is 0 Å². The highest BCUT2D eigenvalue weighted by molar-refractivity contribution is 9.11. The second-order valence-corrected chi connectivity index (χ2v) is 8.60. The van der Waals surface area contributed by atoms with Crippen molar-refractivity contribution >= 4 is 48.9 Å². The average Bonchev–Trinajstić information content (AvgIpc) is 2.71. The van der Waals surface area contributed by atoms with Gasteiger partial charge in [0, 0.05) is 17.5 Å². The Bertz CT molecular complexity index is 531. The van der Waals surface area contributed by atoms with E-state index in [1.165, 1.54) is 15.6 Å². The molecule has 0 spiro atoms. The predicted molar refractivity (Wildman–Crippen MR) is 75.7 cm³/mol. The van der Waals surface area contributed by atoms with Gasteiger partial charge in [0.1, 0.15) is 4.90 Å². The first kappa shape index (κ1) is 14.7. The zero-order valence-electron chi connectivity index (χ0n) is 9.73. The molecule has 2 rings (SSSR count). The first-order valence-corrected chi connectivity index (χ1v) is 8.99. The molecule has 2 heterocycles. The van der Waals surface area contributed by atoms with E-state index in [2.05, 4.69) is 15.9 Å². The Hall–Kier alpha value is 0.340. The van der Waals surface area contributed by atoms with Crippen molar-refractivity contribution in [2.75, 3.05) is 19.8 Å². The summed E-state index contributed by atoms with van der Waals surface area (Å²) < 4.78 is 32.5. The number of morpholine rings is 1. The molecule has 8 heteroatoms. The number of rotatable bonds is 3. The van der Waals surface area contributed by atoms with E-state index in [-0.39, 0.29) is 6.04 Å². The molecule has 0 bridgehead atoms. The van der Waals surface area contributed by atoms with Crippen molar-refractivity contribution in [3.8, 4) is 0 Å². The molecule has 0 amide bonds. The third-order valence-corrected chi connectivity index (χ3v) is 7.44. The number of sulfonamides is 1. The molecular weight excluding hydrogens is 362 g/mol. The summed E-state index contributed by atoms with van der Waals surface area (Å²) in [5.41, 5.74) is 0. The van der Waals surface area contributed by atoms with Crippen LogP contribution in [0.3, 0.4) is 0 Å². The molecule has 0 N–H and O–H groups in total. The summed E-state index contributed by atoms with van der Waals surface area (Å²) in [5, 5.41) is 0. The van der Waals surface area contributed by atoms with Gasteiger partial charge in [-0.2, -0.15) is 4.31 Å². The van der Waals surface area contributed by atoms with Crippen molar-refractivity contribution in [2.24, 2.45) is 0 Å². The van der Waals surface area contributed by atoms with Crippen molar-refractivity contribution in [3.05, 3.63) is 14.7 Å². The molecule has 1 aliphatic heterocycles. The van der Waals surface area contributed by atoms with E-state index in [0.29, 0.717) is 34.3 Å². The maximum atomic E-state index is 12.6. The van der Waals surface area contributed by atoms with Gasteiger partial charge >= 0.3 is 0 Å². The second-order valence-electron chi connectivity index (χ2n) is 4.02. The molecule has 1 fully saturated rings. The molecule has 1 aliphatic rings. The Balaban J connectivity index is 2.37. The number of hydrogen-bond acceptors (Lipinski definition) is 4. The van der Waals surface area contributed by atoms with Gasteiger partial charge in [-0.15, -0.1) is 22.9 Å². The van der Waals surface area contributed by atoms with E-state index >= 15 is 0 Å². The lowest BCUT2D eigenvalue weighted by Crippen LogP contribution is -2.46. The third-order valence-electron chi connectivity index (χ3n) is 2.73. The molecule has 1 unspecified atom stereocenters. The number of nitrogens with zero attached hydrogens (tertiary/aromatic N) is 1. The SMILES string of the molecule is CC1COCCN1S(=O)(=O)c1cc(CCl)sc1Br. The van der Waals surface area contributed by atoms with Gasteiger partial charge in [0.05, 0.1) is 22.9 Å². The first-order valence-electron chi connectivity index (χ1n) is 5.40. The molecule has 4 nitrogen and oxygen atoms in total. The smallest absolute Gasteiger partial charge is 0.245 e. The van der Waals surface area contributed by atoms with Gasteiger partial charge in [-0.3, -0.25) is 0 Å². The summed E-state index contributed by atoms with van der Waals surface area (Å²) in [5.74, 6) is 0.317. The van der Waals surface area contributed by atoms with Crippen LogP contribution < -0.4 is 0 Å². The minimum absolute atomic E-state index is 0.144. The van der Waals surface area contributed by atoms with Crippen molar-refractivity contribution in [3.63, 3.8) is 0 Å². The van der Waals surface area contributed by atoms with Crippen LogP contribution in [0.4, 0.5) is 0 Å². The monoisotopic (exact) mass is 373 g/mol. The lowest BCUT2D eigenvalue weighted by molar-refractivity contribution is 0.0392. The summed E-state index contributed by atoms with van der Waals surface area (Å²) in [6, 6.07) is 1.49. The molecular formula is C10H13BrClNO3S2. The molecule has 18 heavy (non-hydrogen) atoms. The molecule has 1 atom stereocenters. The van der Waals surface area contributed by atoms with Gasteiger partial charge in [-0.05, 0) is 28.9 Å². The Kier molecular flexibility index (Phi) is 4.72. The fourth-order valence-corrected chi connectivity index (χ4v) is 6.16. The molecule has 0 saturated carbocycles. The number of alkyl halides is 1. The Labute approximate surface area is 124 Å². The molecule has 1 aromatic rings. The fourth-order valence-electron chi connectivity index (χ4n) is 1.83. The average molecular weight is 375 g/mol. The van der Waals surface area contributed by atoms with Crippen LogP contribution in [0.5, 0.6) is 0 Å². The maximum absolute atomic E-state index is 12.6. The lowest BCUT2D eigenvalue weighted by atomic mass is 10.3. The Morgan fingerprint density at radius 1 is 1.67 bits per heavy atom. The van der Waals surface area contributed by atoms with Gasteiger partial charge in [-0.25, -0.2) is 8.42 Å². The highest BCUT2D eigenvalue weighted by Crippen LogP contribution is 2.35. The molecule has 0 radical (unpaired) electrons. The molecule has 0 aromatic carbocycles. The molecule has 102 valence electrons. The van der Waals surface area contributed by atoms with Gasteiger partial charge in [0.2, 0.25) is 10.0 Å². The Morgan fingerprint density at radius 2 is 2.39 bits per heavy atom. The maximum Gasteiger partial charge on any atom is 0.245 e. The molecule has 1 aromatic heterocycles. The largest absolute Gasteiger partial charge is 0.378 e. The summed E-state index contributed by atoms with van der Waals surface area (Å²) in [4.78, 5) is 1.14. The topological polar surface area (TPSA) is 46.6 Å². The zero-order chi connectivity index (χ0) is 13.3. The van der Waals surface area contributed by atoms with Crippen LogP contribution in [0, 0.1) is 0 Å². The number of thiophene rings is 1. The van der Waals surface area contributed by atoms with Crippen LogP contribution >= 0.6 is 38.9 Å². The van der Waals surface area contributed by atoms with E-state index in [0.717, 1.165) is 4.88 Å². The summed E-state index contributed by atoms with van der Waals surface area (Å²) in [7, 11) is -3.47. The van der Waals surface area contributed by atoms with Gasteiger partial charge in [0.25, 0.3) is 0 Å². The summed E-state index contributed by atoms with van der Waals surface area (Å²) in [6.07, 6.45) is 0. The standard InChI is InChI=1S/C10H13BrClNO3S2/c1-7-6-16-3-2-13(7)18(14,15)9-4-8(5-12)17-10(9)11/h4,7H,2-3,5-6H2,1H3. The number of halogens is 2. The minimum Gasteiger partial charge on any atom is -0.378 e. The summed E-state index contributed by atoms with van der Waals surface area (Å²) >= 11 is 10.4. The molecule has 1 saturated heterocycles. The van der Waals surface area contributed by atoms with E-state index in [9.17, 15) is 8.42 Å². The van der Waals surface area contributed by atoms with Gasteiger partial charge in [-0.1, -0.05) is 0 Å². The fraction of sp³-hybridized carbons (Fsp3) is 0.600. The Morgan fingerprint density at radius 3 is 2.94 bits per heavy atom. The van der Waals surface area contributed by atoms with Crippen LogP contribution in [-0.2, 0) is 20.6 Å². The van der Waals surface area contributed by atoms with E-state index < -0.39 is 10.0 Å². The normalized spacial score (nSPS) is 22.3. The van der Waals surface area contributed by atoms with Crippen molar-refractivity contribution in [2.45, 2.75) is 23.7 Å². The van der Waals surface area contributed by atoms with Crippen molar-refractivity contribution in [1.29, 1.82) is 0 Å². The third kappa shape index (κ3) is 2.76. The van der Waals surface area contributed by atoms with E-state index in [4.69, 9.17) is 16.3 Å². The zero-order valence-corrected chi connectivity index (χ0v) is 13.7. The number of ether oxygens (including phenoxy) is 1. The lowest BCUT2D eigenvalue weighted by Gasteiger charge is -2.32. The predicted octanol–water partition coefficient (Wildman–Crippen LogP) is 2.66. The van der Waals surface area contributed by atoms with Crippen molar-refractivity contribution < 1.29 is 13.2 Å². The summed E-state index contributed by atoms with van der Waals surface area (Å²) in [6.45, 7) is 3.11. The highest BCUT2D eigenvalue weighted by atomic mass is 79.9. The quantitative estimate of drug-likeness (QED) is 0.764. The number of hydrogen-bond donors (Lipinski definition) is 0. The van der Waals surface area contributed by atoms with Gasteiger partial charge < -0.3 is 4.74 Å². The minimum atomic E-state index is -3.47. The van der Waals surface area contributed by atoms with E-state index in [1.807, 2.05) is 6.92 Å².